The normalized spacial score (nSPS) is 13.6. The van der Waals surface area contributed by atoms with Gasteiger partial charge in [0, 0.05) is 5.69 Å². The minimum atomic E-state index is -0.686. The number of nitrogens with two attached hydrogens (primary N) is 1. The number of carbonyl (C=O) groups is 2. The van der Waals surface area contributed by atoms with Gasteiger partial charge in [-0.25, -0.2) is 0 Å². The Morgan fingerprint density at radius 1 is 1.23 bits per heavy atom. The predicted octanol–water partition coefficient (Wildman–Crippen LogP) is 0.914. The van der Waals surface area contributed by atoms with Crippen LogP contribution in [0.4, 0.5) is 5.69 Å². The van der Waals surface area contributed by atoms with E-state index in [0.717, 1.165) is 11.1 Å². The van der Waals surface area contributed by atoms with E-state index < -0.39 is 12.1 Å². The molecule has 0 aromatic heterocycles. The molecule has 0 saturated carbocycles. The van der Waals surface area contributed by atoms with E-state index in [4.69, 9.17) is 10.8 Å². The summed E-state index contributed by atoms with van der Waals surface area (Å²) in [6.45, 7) is 7.10. The number of hydrogen-bond acceptors (Lipinski definition) is 4. The van der Waals surface area contributed by atoms with Crippen LogP contribution < -0.4 is 16.4 Å². The molecule has 0 spiro atoms. The Labute approximate surface area is 131 Å². The minimum absolute atomic E-state index is 0.00327. The maximum Gasteiger partial charge on any atom is 0.246 e. The highest BCUT2D eigenvalue weighted by atomic mass is 16.3. The lowest BCUT2D eigenvalue weighted by molar-refractivity contribution is -0.127. The maximum atomic E-state index is 12.1. The van der Waals surface area contributed by atoms with E-state index in [9.17, 15) is 9.59 Å². The second-order valence-corrected chi connectivity index (χ2v) is 5.80. The Balaban J connectivity index is 2.67. The van der Waals surface area contributed by atoms with Gasteiger partial charge in [-0.15, -0.1) is 0 Å². The van der Waals surface area contributed by atoms with Gasteiger partial charge in [0.25, 0.3) is 0 Å². The maximum absolute atomic E-state index is 12.1. The molecule has 1 aromatic rings. The van der Waals surface area contributed by atoms with Gasteiger partial charge >= 0.3 is 0 Å². The van der Waals surface area contributed by atoms with Crippen LogP contribution in [0.1, 0.15) is 31.9 Å². The van der Waals surface area contributed by atoms with Crippen LogP contribution >= 0.6 is 0 Å². The van der Waals surface area contributed by atoms with Crippen molar-refractivity contribution in [2.24, 2.45) is 11.7 Å². The Kier molecular flexibility index (Phi) is 6.52. The molecule has 0 aliphatic rings. The van der Waals surface area contributed by atoms with Crippen molar-refractivity contribution in [2.75, 3.05) is 5.32 Å². The van der Waals surface area contributed by atoms with Gasteiger partial charge in [-0.2, -0.15) is 0 Å². The fraction of sp³-hybridized carbons (Fsp3) is 0.500. The van der Waals surface area contributed by atoms with Crippen molar-refractivity contribution in [1.82, 2.24) is 5.32 Å². The van der Waals surface area contributed by atoms with Gasteiger partial charge in [-0.1, -0.05) is 26.0 Å². The van der Waals surface area contributed by atoms with Crippen molar-refractivity contribution >= 4 is 17.5 Å². The molecular weight excluding hydrogens is 282 g/mol. The van der Waals surface area contributed by atoms with Crippen LogP contribution in [0.2, 0.25) is 0 Å². The molecule has 1 rings (SSSR count). The number of aliphatic hydroxyl groups excluding tert-OH is 1. The highest BCUT2D eigenvalue weighted by Gasteiger charge is 2.22. The lowest BCUT2D eigenvalue weighted by atomic mass is 10.0. The first-order valence-corrected chi connectivity index (χ1v) is 7.33. The number of aliphatic hydroxyl groups is 1. The van der Waals surface area contributed by atoms with E-state index in [1.54, 1.807) is 25.1 Å². The largest absolute Gasteiger partial charge is 0.392 e. The number of nitrogens with one attached hydrogen (secondary N) is 2. The molecular formula is C16H25N3O3. The van der Waals surface area contributed by atoms with Gasteiger partial charge in [0.2, 0.25) is 11.8 Å². The molecule has 0 aliphatic heterocycles. The Bertz CT molecular complexity index is 543. The third-order valence-corrected chi connectivity index (χ3v) is 3.50. The molecule has 0 heterocycles. The van der Waals surface area contributed by atoms with Crippen LogP contribution in [0, 0.1) is 12.8 Å². The van der Waals surface area contributed by atoms with E-state index in [1.165, 1.54) is 0 Å². The van der Waals surface area contributed by atoms with Crippen LogP contribution in [-0.2, 0) is 16.2 Å². The molecule has 0 unspecified atom stereocenters. The van der Waals surface area contributed by atoms with Crippen molar-refractivity contribution in [1.29, 1.82) is 0 Å². The third kappa shape index (κ3) is 4.82. The van der Waals surface area contributed by atoms with Gasteiger partial charge in [0.05, 0.1) is 12.6 Å². The molecule has 5 N–H and O–H groups in total. The monoisotopic (exact) mass is 307 g/mol. The molecule has 0 radical (unpaired) electrons. The summed E-state index contributed by atoms with van der Waals surface area (Å²) in [6, 6.07) is 3.94. The average Bonchev–Trinajstić information content (AvgIpc) is 2.47. The van der Waals surface area contributed by atoms with Gasteiger partial charge in [0.15, 0.2) is 0 Å². The molecule has 0 bridgehead atoms. The molecule has 0 aliphatic carbocycles. The van der Waals surface area contributed by atoms with Gasteiger partial charge in [-0.05, 0) is 37.0 Å². The number of hydrogen-bond donors (Lipinski definition) is 4. The van der Waals surface area contributed by atoms with Crippen LogP contribution in [0.5, 0.6) is 0 Å². The molecule has 122 valence electrons. The molecule has 2 amide bonds. The SMILES string of the molecule is Cc1cc(CO)ccc1NC(=O)[C@H](C)NC(=O)[C@@H](N)C(C)C. The van der Waals surface area contributed by atoms with Crippen molar-refractivity contribution in [3.05, 3.63) is 29.3 Å². The summed E-state index contributed by atoms with van der Waals surface area (Å²) < 4.78 is 0. The van der Waals surface area contributed by atoms with E-state index in [0.29, 0.717) is 5.69 Å². The van der Waals surface area contributed by atoms with Gasteiger partial charge in [-0.3, -0.25) is 9.59 Å². The quantitative estimate of drug-likeness (QED) is 0.627. The fourth-order valence-corrected chi connectivity index (χ4v) is 1.88. The second-order valence-electron chi connectivity index (χ2n) is 5.80. The van der Waals surface area contributed by atoms with E-state index in [-0.39, 0.29) is 24.3 Å². The Hall–Kier alpha value is -1.92. The first-order valence-electron chi connectivity index (χ1n) is 7.33. The summed E-state index contributed by atoms with van der Waals surface area (Å²) >= 11 is 0. The zero-order valence-corrected chi connectivity index (χ0v) is 13.5. The van der Waals surface area contributed by atoms with Crippen molar-refractivity contribution in [3.63, 3.8) is 0 Å². The predicted molar refractivity (Wildman–Crippen MR) is 86.1 cm³/mol. The second kappa shape index (κ2) is 7.91. The molecule has 6 nitrogen and oxygen atoms in total. The van der Waals surface area contributed by atoms with Crippen molar-refractivity contribution < 1.29 is 14.7 Å². The zero-order chi connectivity index (χ0) is 16.9. The molecule has 1 aromatic carbocycles. The van der Waals surface area contributed by atoms with Crippen LogP contribution in [0.25, 0.3) is 0 Å². The Morgan fingerprint density at radius 2 is 1.86 bits per heavy atom. The number of anilines is 1. The Morgan fingerprint density at radius 3 is 2.36 bits per heavy atom. The minimum Gasteiger partial charge on any atom is -0.392 e. The van der Waals surface area contributed by atoms with E-state index >= 15 is 0 Å². The highest BCUT2D eigenvalue weighted by molar-refractivity contribution is 5.98. The number of rotatable bonds is 6. The van der Waals surface area contributed by atoms with E-state index in [2.05, 4.69) is 10.6 Å². The zero-order valence-electron chi connectivity index (χ0n) is 13.5. The lowest BCUT2D eigenvalue weighted by Gasteiger charge is -2.20. The summed E-state index contributed by atoms with van der Waals surface area (Å²) in [5.74, 6) is -0.655. The molecule has 6 heteroatoms. The smallest absolute Gasteiger partial charge is 0.246 e. The molecule has 0 fully saturated rings. The summed E-state index contributed by atoms with van der Waals surface area (Å²) in [4.78, 5) is 24.0. The van der Waals surface area contributed by atoms with Crippen LogP contribution in [0.15, 0.2) is 18.2 Å². The standard InChI is InChI=1S/C16H25N3O3/c1-9(2)14(17)16(22)18-11(4)15(21)19-13-6-5-12(8-20)7-10(13)3/h5-7,9,11,14,20H,8,17H2,1-4H3,(H,18,22)(H,19,21)/t11-,14-/m0/s1. The first kappa shape index (κ1) is 18.1. The summed E-state index contributed by atoms with van der Waals surface area (Å²) in [6.07, 6.45) is 0. The van der Waals surface area contributed by atoms with Crippen LogP contribution in [-0.4, -0.2) is 29.0 Å². The summed E-state index contributed by atoms with van der Waals surface area (Å²) in [5.41, 5.74) is 8.02. The number of benzene rings is 1. The van der Waals surface area contributed by atoms with Crippen LogP contribution in [0.3, 0.4) is 0 Å². The van der Waals surface area contributed by atoms with Crippen molar-refractivity contribution in [2.45, 2.75) is 46.4 Å². The lowest BCUT2D eigenvalue weighted by Crippen LogP contribution is -2.50. The van der Waals surface area contributed by atoms with Crippen molar-refractivity contribution in [3.8, 4) is 0 Å². The number of aryl methyl sites for hydroxylation is 1. The third-order valence-electron chi connectivity index (χ3n) is 3.50. The number of amides is 2. The summed E-state index contributed by atoms with van der Waals surface area (Å²) in [5, 5.41) is 14.4. The first-order chi connectivity index (χ1) is 10.3. The topological polar surface area (TPSA) is 104 Å². The molecule has 2 atom stereocenters. The number of carbonyl (C=O) groups excluding carboxylic acids is 2. The molecule has 0 saturated heterocycles. The summed E-state index contributed by atoms with van der Waals surface area (Å²) in [7, 11) is 0. The highest BCUT2D eigenvalue weighted by Crippen LogP contribution is 2.16. The fourth-order valence-electron chi connectivity index (χ4n) is 1.88. The molecule has 22 heavy (non-hydrogen) atoms. The van der Waals surface area contributed by atoms with Gasteiger partial charge in [0.1, 0.15) is 6.04 Å². The van der Waals surface area contributed by atoms with E-state index in [1.807, 2.05) is 20.8 Å². The average molecular weight is 307 g/mol. The van der Waals surface area contributed by atoms with Gasteiger partial charge < -0.3 is 21.5 Å².